The van der Waals surface area contributed by atoms with Gasteiger partial charge < -0.3 is 5.11 Å². The highest BCUT2D eigenvalue weighted by Gasteiger charge is 2.46. The summed E-state index contributed by atoms with van der Waals surface area (Å²) in [7, 11) is -8.54. The van der Waals surface area contributed by atoms with Crippen LogP contribution in [-0.2, 0) is 31.2 Å². The van der Waals surface area contributed by atoms with Crippen LogP contribution >= 0.6 is 0 Å². The van der Waals surface area contributed by atoms with Crippen molar-refractivity contribution in [1.29, 1.82) is 0 Å². The number of nitrogens with two attached hydrogens (primary N) is 1. The second kappa shape index (κ2) is 7.88. The molecule has 0 radical (unpaired) electrons. The summed E-state index contributed by atoms with van der Waals surface area (Å²) in [5.74, 6) is -0.633. The number of hydrogen-bond acceptors (Lipinski definition) is 6. The first-order valence-electron chi connectivity index (χ1n) is 8.71. The molecule has 2 aromatic carbocycles. The van der Waals surface area contributed by atoms with E-state index in [0.29, 0.717) is 5.56 Å². The van der Waals surface area contributed by atoms with Crippen LogP contribution in [0.5, 0.6) is 0 Å². The minimum absolute atomic E-state index is 0.160. The van der Waals surface area contributed by atoms with Crippen molar-refractivity contribution >= 4 is 19.9 Å². The Morgan fingerprint density at radius 3 is 2.27 bits per heavy atom. The van der Waals surface area contributed by atoms with Gasteiger partial charge in [-0.3, -0.25) is 4.98 Å². The number of pyridine rings is 1. The third kappa shape index (κ3) is 4.12. The normalized spacial score (nSPS) is 14.3. The van der Waals surface area contributed by atoms with Crippen LogP contribution in [-0.4, -0.2) is 26.9 Å². The lowest BCUT2D eigenvalue weighted by Gasteiger charge is -2.28. The van der Waals surface area contributed by atoms with Crippen molar-refractivity contribution < 1.29 is 26.3 Å². The Morgan fingerprint density at radius 2 is 1.70 bits per heavy atom. The van der Waals surface area contributed by atoms with Gasteiger partial charge in [0.2, 0.25) is 24.8 Å². The maximum Gasteiger partial charge on any atom is 0.238 e. The van der Waals surface area contributed by atoms with Crippen LogP contribution in [0.2, 0.25) is 0 Å². The summed E-state index contributed by atoms with van der Waals surface area (Å²) in [5.41, 5.74) is 0.430. The second-order valence-electron chi connectivity index (χ2n) is 6.78. The summed E-state index contributed by atoms with van der Waals surface area (Å²) in [6.45, 7) is 1.55. The maximum atomic E-state index is 13.4. The molecule has 0 saturated carbocycles. The number of sulfone groups is 1. The van der Waals surface area contributed by atoms with Crippen LogP contribution < -0.4 is 5.14 Å². The fourth-order valence-corrected chi connectivity index (χ4v) is 5.53. The SMILES string of the molecule is Cc1ccc(CC(O)(c2ccccn2)S(=O)(=O)c2ccc(F)cc2)cc1S(N)(=O)=O. The lowest BCUT2D eigenvalue weighted by Crippen LogP contribution is -2.39. The van der Waals surface area contributed by atoms with Gasteiger partial charge in [0.15, 0.2) is 0 Å². The molecule has 0 aliphatic rings. The second-order valence-corrected chi connectivity index (χ2v) is 10.5. The van der Waals surface area contributed by atoms with Crippen molar-refractivity contribution in [1.82, 2.24) is 4.98 Å². The monoisotopic (exact) mass is 450 g/mol. The average Bonchev–Trinajstić information content (AvgIpc) is 2.69. The molecule has 0 bridgehead atoms. The number of nitrogens with zero attached hydrogens (tertiary/aromatic N) is 1. The molecule has 10 heteroatoms. The van der Waals surface area contributed by atoms with Crippen molar-refractivity contribution in [3.63, 3.8) is 0 Å². The van der Waals surface area contributed by atoms with Gasteiger partial charge in [0, 0.05) is 12.6 Å². The third-order valence-electron chi connectivity index (χ3n) is 4.64. The smallest absolute Gasteiger partial charge is 0.238 e. The van der Waals surface area contributed by atoms with Gasteiger partial charge in [0.05, 0.1) is 15.5 Å². The van der Waals surface area contributed by atoms with E-state index >= 15 is 0 Å². The predicted octanol–water partition coefficient (Wildman–Crippen LogP) is 2.04. The minimum atomic E-state index is -4.48. The number of benzene rings is 2. The fourth-order valence-electron chi connectivity index (χ4n) is 3.06. The molecule has 158 valence electrons. The van der Waals surface area contributed by atoms with Crippen LogP contribution in [0.1, 0.15) is 16.8 Å². The van der Waals surface area contributed by atoms with Crippen LogP contribution in [0.25, 0.3) is 0 Å². The molecule has 7 nitrogen and oxygen atoms in total. The van der Waals surface area contributed by atoms with Gasteiger partial charge in [-0.2, -0.15) is 0 Å². The molecule has 3 aromatic rings. The van der Waals surface area contributed by atoms with Gasteiger partial charge in [-0.05, 0) is 60.5 Å². The molecule has 0 aliphatic heterocycles. The number of hydrogen-bond donors (Lipinski definition) is 2. The lowest BCUT2D eigenvalue weighted by atomic mass is 10.0. The van der Waals surface area contributed by atoms with Crippen LogP contribution in [0.4, 0.5) is 4.39 Å². The molecule has 3 N–H and O–H groups in total. The summed E-state index contributed by atoms with van der Waals surface area (Å²) in [5, 5.41) is 16.7. The highest BCUT2D eigenvalue weighted by molar-refractivity contribution is 7.92. The number of aliphatic hydroxyl groups is 1. The molecule has 0 amide bonds. The molecule has 1 atom stereocenters. The van der Waals surface area contributed by atoms with E-state index in [2.05, 4.69) is 4.98 Å². The molecule has 0 saturated heterocycles. The van der Waals surface area contributed by atoms with E-state index in [-0.39, 0.29) is 21.0 Å². The summed E-state index contributed by atoms with van der Waals surface area (Å²) >= 11 is 0. The molecule has 3 rings (SSSR count). The first kappa shape index (κ1) is 22.0. The van der Waals surface area contributed by atoms with E-state index in [9.17, 15) is 26.3 Å². The molecule has 1 unspecified atom stereocenters. The van der Waals surface area contributed by atoms with Crippen LogP contribution in [0, 0.1) is 12.7 Å². The predicted molar refractivity (Wildman–Crippen MR) is 108 cm³/mol. The zero-order valence-electron chi connectivity index (χ0n) is 15.9. The Morgan fingerprint density at radius 1 is 1.03 bits per heavy atom. The zero-order valence-corrected chi connectivity index (χ0v) is 17.5. The number of primary sulfonamides is 1. The van der Waals surface area contributed by atoms with E-state index < -0.39 is 37.0 Å². The Labute approximate surface area is 174 Å². The van der Waals surface area contributed by atoms with Crippen molar-refractivity contribution in [3.05, 3.63) is 89.5 Å². The van der Waals surface area contributed by atoms with E-state index in [1.807, 2.05) is 0 Å². The van der Waals surface area contributed by atoms with Crippen molar-refractivity contribution in [2.45, 2.75) is 28.1 Å². The topological polar surface area (TPSA) is 127 Å². The van der Waals surface area contributed by atoms with Crippen LogP contribution in [0.15, 0.2) is 76.7 Å². The quantitative estimate of drug-likeness (QED) is 0.553. The highest BCUT2D eigenvalue weighted by Crippen LogP contribution is 2.36. The summed E-state index contributed by atoms with van der Waals surface area (Å²) in [6, 6.07) is 12.6. The standard InChI is InChI=1S/C20H19FN2O5S2/c1-14-5-6-15(12-18(14)30(22,27)28)13-20(24,19-4-2-3-11-23-19)29(25,26)17-9-7-16(21)8-10-17/h2-12,24H,13H2,1H3,(H2,22,27,28). The Bertz CT molecular complexity index is 1280. The minimum Gasteiger partial charge on any atom is -0.369 e. The molecule has 1 heterocycles. The maximum absolute atomic E-state index is 13.4. The Hall–Kier alpha value is -2.66. The third-order valence-corrected chi connectivity index (χ3v) is 7.82. The molecular weight excluding hydrogens is 431 g/mol. The first-order valence-corrected chi connectivity index (χ1v) is 11.7. The van der Waals surface area contributed by atoms with Gasteiger partial charge in [0.1, 0.15) is 5.82 Å². The lowest BCUT2D eigenvalue weighted by molar-refractivity contribution is 0.119. The molecule has 30 heavy (non-hydrogen) atoms. The Balaban J connectivity index is 2.19. The first-order chi connectivity index (χ1) is 13.9. The average molecular weight is 451 g/mol. The summed E-state index contributed by atoms with van der Waals surface area (Å²) < 4.78 is 63.7. The number of sulfonamides is 1. The molecule has 0 spiro atoms. The van der Waals surface area contributed by atoms with E-state index in [4.69, 9.17) is 5.14 Å². The molecule has 1 aromatic heterocycles. The van der Waals surface area contributed by atoms with E-state index in [0.717, 1.165) is 24.3 Å². The number of rotatable bonds is 6. The van der Waals surface area contributed by atoms with Gasteiger partial charge >= 0.3 is 0 Å². The molecule has 0 fully saturated rings. The number of halogens is 1. The van der Waals surface area contributed by atoms with E-state index in [1.165, 1.54) is 36.5 Å². The van der Waals surface area contributed by atoms with Gasteiger partial charge in [-0.1, -0.05) is 18.2 Å². The van der Waals surface area contributed by atoms with Gasteiger partial charge in [0.25, 0.3) is 0 Å². The Kier molecular flexibility index (Phi) is 5.79. The summed E-state index contributed by atoms with van der Waals surface area (Å²) in [4.78, 5) is 0.967. The number of aryl methyl sites for hydroxylation is 1. The largest absolute Gasteiger partial charge is 0.369 e. The number of aromatic nitrogens is 1. The molecule has 0 aliphatic carbocycles. The van der Waals surface area contributed by atoms with Crippen molar-refractivity contribution in [2.24, 2.45) is 5.14 Å². The molecular formula is C20H19FN2O5S2. The van der Waals surface area contributed by atoms with Gasteiger partial charge in [-0.15, -0.1) is 0 Å². The van der Waals surface area contributed by atoms with Crippen LogP contribution in [0.3, 0.4) is 0 Å². The van der Waals surface area contributed by atoms with Gasteiger partial charge in [-0.25, -0.2) is 26.4 Å². The fraction of sp³-hybridized carbons (Fsp3) is 0.150. The van der Waals surface area contributed by atoms with E-state index in [1.54, 1.807) is 13.0 Å². The zero-order chi connectivity index (χ0) is 22.2. The highest BCUT2D eigenvalue weighted by atomic mass is 32.2. The van der Waals surface area contributed by atoms with Crippen molar-refractivity contribution in [2.75, 3.05) is 0 Å². The van der Waals surface area contributed by atoms with Crippen molar-refractivity contribution in [3.8, 4) is 0 Å². The summed E-state index contributed by atoms with van der Waals surface area (Å²) in [6.07, 6.45) is 0.817.